The number of nitrogens with one attached hydrogen (secondary N) is 1. The Kier molecular flexibility index (Phi) is 15.0. The molecule has 2 N–H and O–H groups in total. The van der Waals surface area contributed by atoms with Crippen molar-refractivity contribution in [3.05, 3.63) is 25.3 Å². The molecule has 37 heavy (non-hydrogen) atoms. The Morgan fingerprint density at radius 2 is 1.57 bits per heavy atom. The minimum absolute atomic E-state index is 0.00721. The summed E-state index contributed by atoms with van der Waals surface area (Å²) in [4.78, 5) is 39.9. The first-order valence-corrected chi connectivity index (χ1v) is 12.8. The van der Waals surface area contributed by atoms with Crippen LogP contribution in [0, 0.1) is 11.8 Å². The fourth-order valence-corrected chi connectivity index (χ4v) is 3.25. The van der Waals surface area contributed by atoms with Crippen LogP contribution in [0.25, 0.3) is 0 Å². The van der Waals surface area contributed by atoms with E-state index in [0.29, 0.717) is 25.3 Å². The van der Waals surface area contributed by atoms with Gasteiger partial charge < -0.3 is 24.6 Å². The molecule has 0 radical (unpaired) electrons. The van der Waals surface area contributed by atoms with Gasteiger partial charge in [-0.05, 0) is 68.2 Å². The molecule has 9 heteroatoms. The third-order valence-electron chi connectivity index (χ3n) is 4.77. The Balaban J connectivity index is 0.000000701. The predicted octanol–water partition coefficient (Wildman–Crippen LogP) is 4.14. The Morgan fingerprint density at radius 3 is 1.97 bits per heavy atom. The zero-order chi connectivity index (χ0) is 28.8. The van der Waals surface area contributed by atoms with Crippen LogP contribution in [-0.2, 0) is 28.6 Å². The van der Waals surface area contributed by atoms with Gasteiger partial charge in [-0.25, -0.2) is 4.99 Å². The van der Waals surface area contributed by atoms with Crippen molar-refractivity contribution in [1.29, 1.82) is 0 Å². The van der Waals surface area contributed by atoms with Gasteiger partial charge >= 0.3 is 11.9 Å². The highest BCUT2D eigenvalue weighted by Crippen LogP contribution is 2.20. The van der Waals surface area contributed by atoms with Gasteiger partial charge in [-0.3, -0.25) is 14.4 Å². The molecule has 1 amide bonds. The van der Waals surface area contributed by atoms with Crippen LogP contribution < -0.4 is 5.32 Å². The van der Waals surface area contributed by atoms with E-state index in [4.69, 9.17) is 19.3 Å². The average Bonchev–Trinajstić information content (AvgIpc) is 3.17. The van der Waals surface area contributed by atoms with Crippen LogP contribution in [0.15, 0.2) is 30.3 Å². The number of aliphatic imine (C=N–C) groups is 1. The molecule has 0 bridgehead atoms. The van der Waals surface area contributed by atoms with Crippen molar-refractivity contribution in [2.45, 2.75) is 104 Å². The van der Waals surface area contributed by atoms with Gasteiger partial charge in [0.25, 0.3) is 0 Å². The minimum atomic E-state index is -0.565. The summed E-state index contributed by atoms with van der Waals surface area (Å²) in [6.07, 6.45) is 4.73. The first-order chi connectivity index (χ1) is 17.0. The number of allylic oxidation sites excluding steroid dienone is 2. The number of hydrogen-bond acceptors (Lipinski definition) is 8. The fourth-order valence-electron chi connectivity index (χ4n) is 3.25. The van der Waals surface area contributed by atoms with E-state index in [1.54, 1.807) is 39.8 Å². The van der Waals surface area contributed by atoms with Gasteiger partial charge in [0.2, 0.25) is 5.91 Å². The first-order valence-electron chi connectivity index (χ1n) is 12.8. The molecule has 0 aromatic rings. The number of aliphatic hydroxyl groups is 1. The molecule has 0 aromatic carbocycles. The van der Waals surface area contributed by atoms with Crippen LogP contribution in [0.1, 0.15) is 81.1 Å². The number of rotatable bonds is 12. The van der Waals surface area contributed by atoms with Gasteiger partial charge in [-0.1, -0.05) is 12.2 Å². The van der Waals surface area contributed by atoms with E-state index in [1.807, 2.05) is 27.7 Å². The quantitative estimate of drug-likeness (QED) is 0.290. The van der Waals surface area contributed by atoms with E-state index in [0.717, 1.165) is 0 Å². The third-order valence-corrected chi connectivity index (χ3v) is 4.77. The molecule has 9 nitrogen and oxygen atoms in total. The summed E-state index contributed by atoms with van der Waals surface area (Å²) in [6.45, 7) is 22.3. The van der Waals surface area contributed by atoms with Gasteiger partial charge in [0.15, 0.2) is 5.90 Å². The lowest BCUT2D eigenvalue weighted by atomic mass is 10.00. The number of aliphatic hydroxyl groups excluding tert-OH is 1. The average molecular weight is 525 g/mol. The lowest BCUT2D eigenvalue weighted by Crippen LogP contribution is -2.40. The molecular formula is C28H48N2O7. The summed E-state index contributed by atoms with van der Waals surface area (Å²) >= 11 is 0. The second-order valence-corrected chi connectivity index (χ2v) is 11.2. The Labute approximate surface area is 222 Å². The van der Waals surface area contributed by atoms with E-state index < -0.39 is 23.1 Å². The van der Waals surface area contributed by atoms with Gasteiger partial charge in [-0.2, -0.15) is 0 Å². The molecule has 0 fully saturated rings. The standard InChI is InChI=1S/C14H25NO4.C14H23NO3/c1-6-7-11(13(18)15-10(2)9-16)8-12(17)19-14(3,4)5;1-6-7-11(13-15-10(2)9-17-13)8-12(16)18-14(3,4)5/h6,10-11,16H,1,7-9H2,2-5H3,(H,15,18);6,10-11H,1,7-9H2,2-5H3/t2*10-,11+/m00/s1. The highest BCUT2D eigenvalue weighted by Gasteiger charge is 2.28. The van der Waals surface area contributed by atoms with Crippen molar-refractivity contribution in [3.8, 4) is 0 Å². The molecule has 212 valence electrons. The van der Waals surface area contributed by atoms with Crippen molar-refractivity contribution in [2.24, 2.45) is 16.8 Å². The monoisotopic (exact) mass is 524 g/mol. The zero-order valence-corrected chi connectivity index (χ0v) is 24.0. The first kappa shape index (κ1) is 34.3. The molecule has 1 rings (SSSR count). The summed E-state index contributed by atoms with van der Waals surface area (Å²) in [6, 6.07) is -0.163. The van der Waals surface area contributed by atoms with Gasteiger partial charge in [0.1, 0.15) is 17.8 Å². The zero-order valence-electron chi connectivity index (χ0n) is 24.0. The summed E-state index contributed by atoms with van der Waals surface area (Å²) in [5, 5.41) is 11.5. The summed E-state index contributed by atoms with van der Waals surface area (Å²) in [7, 11) is 0. The summed E-state index contributed by atoms with van der Waals surface area (Å²) in [5.41, 5.74) is -1.02. The van der Waals surface area contributed by atoms with E-state index in [2.05, 4.69) is 23.5 Å². The maximum absolute atomic E-state index is 11.9. The molecule has 0 aromatic heterocycles. The number of amides is 1. The van der Waals surface area contributed by atoms with E-state index >= 15 is 0 Å². The van der Waals surface area contributed by atoms with Crippen LogP contribution in [0.5, 0.6) is 0 Å². The molecular weight excluding hydrogens is 476 g/mol. The SMILES string of the molecule is C=CC[C@H](CC(=O)OC(C)(C)C)C(=O)N[C@@H](C)CO.C=CC[C@H](CC(=O)OC(C)(C)C)C1=N[C@@H](C)CO1. The summed E-state index contributed by atoms with van der Waals surface area (Å²) < 4.78 is 16.0. The lowest BCUT2D eigenvalue weighted by molar-refractivity contribution is -0.157. The Bertz CT molecular complexity index is 793. The van der Waals surface area contributed by atoms with Crippen molar-refractivity contribution in [2.75, 3.05) is 13.2 Å². The van der Waals surface area contributed by atoms with E-state index in [-0.39, 0.29) is 49.3 Å². The van der Waals surface area contributed by atoms with Gasteiger partial charge in [-0.15, -0.1) is 13.2 Å². The van der Waals surface area contributed by atoms with Crippen molar-refractivity contribution in [3.63, 3.8) is 0 Å². The summed E-state index contributed by atoms with van der Waals surface area (Å²) in [5.74, 6) is -0.810. The largest absolute Gasteiger partial charge is 0.478 e. The smallest absolute Gasteiger partial charge is 0.307 e. The molecule has 1 heterocycles. The second-order valence-electron chi connectivity index (χ2n) is 11.2. The normalized spacial score (nSPS) is 17.5. The van der Waals surface area contributed by atoms with E-state index in [9.17, 15) is 14.4 Å². The molecule has 0 saturated heterocycles. The Morgan fingerprint density at radius 1 is 1.05 bits per heavy atom. The maximum Gasteiger partial charge on any atom is 0.307 e. The van der Waals surface area contributed by atoms with Crippen LogP contribution in [0.2, 0.25) is 0 Å². The second kappa shape index (κ2) is 16.2. The minimum Gasteiger partial charge on any atom is -0.478 e. The van der Waals surface area contributed by atoms with E-state index in [1.165, 1.54) is 0 Å². The van der Waals surface area contributed by atoms with Crippen molar-refractivity contribution < 1.29 is 33.7 Å². The van der Waals surface area contributed by atoms with Crippen molar-refractivity contribution >= 4 is 23.7 Å². The van der Waals surface area contributed by atoms with Crippen LogP contribution in [-0.4, -0.2) is 65.3 Å². The van der Waals surface area contributed by atoms with Gasteiger partial charge in [0.05, 0.1) is 31.4 Å². The highest BCUT2D eigenvalue weighted by molar-refractivity contribution is 5.85. The number of carbonyl (C=O) groups excluding carboxylic acids is 3. The molecule has 0 spiro atoms. The molecule has 0 unspecified atom stereocenters. The molecule has 0 aliphatic carbocycles. The van der Waals surface area contributed by atoms with Crippen molar-refractivity contribution in [1.82, 2.24) is 5.32 Å². The van der Waals surface area contributed by atoms with Crippen LogP contribution in [0.4, 0.5) is 0 Å². The predicted molar refractivity (Wildman–Crippen MR) is 145 cm³/mol. The number of esters is 2. The molecule has 0 saturated carbocycles. The molecule has 4 atom stereocenters. The number of nitrogens with zero attached hydrogens (tertiary/aromatic N) is 1. The lowest BCUT2D eigenvalue weighted by Gasteiger charge is -2.22. The topological polar surface area (TPSA) is 124 Å². The van der Waals surface area contributed by atoms with Crippen LogP contribution in [0.3, 0.4) is 0 Å². The molecule has 1 aliphatic rings. The number of ether oxygens (including phenoxy) is 3. The van der Waals surface area contributed by atoms with Gasteiger partial charge in [0, 0.05) is 12.0 Å². The Hall–Kier alpha value is -2.68. The maximum atomic E-state index is 11.9. The highest BCUT2D eigenvalue weighted by atomic mass is 16.6. The number of carbonyl (C=O) groups is 3. The molecule has 1 aliphatic heterocycles. The van der Waals surface area contributed by atoms with Crippen LogP contribution >= 0.6 is 0 Å². The third kappa shape index (κ3) is 16.6. The fraction of sp³-hybridized carbons (Fsp3) is 0.714. The number of hydrogen-bond donors (Lipinski definition) is 2.